The number of benzene rings is 1. The number of rotatable bonds is 7. The Balaban J connectivity index is 1.32. The fraction of sp³-hybridized carbons (Fsp3) is 0.350. The van der Waals surface area contributed by atoms with Crippen molar-refractivity contribution in [3.63, 3.8) is 0 Å². The Hall–Kier alpha value is -2.33. The summed E-state index contributed by atoms with van der Waals surface area (Å²) in [4.78, 5) is 2.35. The molecule has 2 aromatic heterocycles. The molecule has 160 valence electrons. The largest absolute Gasteiger partial charge is 0.492 e. The van der Waals surface area contributed by atoms with Crippen molar-refractivity contribution in [2.75, 3.05) is 39.3 Å². The van der Waals surface area contributed by atoms with E-state index < -0.39 is 10.0 Å². The highest BCUT2D eigenvalue weighted by atomic mass is 35.5. The van der Waals surface area contributed by atoms with Crippen LogP contribution in [0.2, 0.25) is 5.02 Å². The van der Waals surface area contributed by atoms with Gasteiger partial charge in [0.05, 0.1) is 6.20 Å². The third-order valence-corrected chi connectivity index (χ3v) is 7.25. The summed E-state index contributed by atoms with van der Waals surface area (Å²) in [5.41, 5.74) is 0. The molecule has 30 heavy (non-hydrogen) atoms. The zero-order valence-corrected chi connectivity index (χ0v) is 18.0. The van der Waals surface area contributed by atoms with Gasteiger partial charge in [-0.3, -0.25) is 4.90 Å². The van der Waals surface area contributed by atoms with Crippen LogP contribution in [-0.2, 0) is 10.0 Å². The molecule has 0 radical (unpaired) electrons. The molecule has 1 aliphatic rings. The van der Waals surface area contributed by atoms with Crippen molar-refractivity contribution in [2.45, 2.75) is 11.8 Å². The zero-order chi connectivity index (χ0) is 21.1. The second-order valence-electron chi connectivity index (χ2n) is 6.96. The first-order chi connectivity index (χ1) is 14.4. The monoisotopic (exact) mass is 451 g/mol. The van der Waals surface area contributed by atoms with Gasteiger partial charge in [-0.2, -0.15) is 4.31 Å². The van der Waals surface area contributed by atoms with Gasteiger partial charge >= 0.3 is 0 Å². The highest BCUT2D eigenvalue weighted by Crippen LogP contribution is 2.30. The number of halogens is 1. The smallest absolute Gasteiger partial charge is 0.246 e. The third-order valence-electron chi connectivity index (χ3n) is 4.99. The summed E-state index contributed by atoms with van der Waals surface area (Å²) in [7, 11) is -3.65. The van der Waals surface area contributed by atoms with Gasteiger partial charge in [0, 0.05) is 49.9 Å². The van der Waals surface area contributed by atoms with Crippen LogP contribution in [0.1, 0.15) is 5.76 Å². The van der Waals surface area contributed by atoms with E-state index in [1.54, 1.807) is 25.1 Å². The number of nitrogens with zero attached hydrogens (tertiary/aromatic N) is 3. The minimum Gasteiger partial charge on any atom is -0.492 e. The number of aromatic nitrogens is 1. The summed E-state index contributed by atoms with van der Waals surface area (Å²) in [6, 6.07) is 10.3. The standard InChI is InChI=1S/C20H22ClN3O5S/c1-15-20(14-19(28-15)18-6-7-22-29-18)30(25,26)24-10-8-23(9-11-24)12-13-27-17-4-2-16(21)3-5-17/h2-7,14H,8-13H2,1H3. The number of hydrogen-bond donors (Lipinski definition) is 0. The fourth-order valence-electron chi connectivity index (χ4n) is 3.34. The van der Waals surface area contributed by atoms with Gasteiger partial charge < -0.3 is 13.7 Å². The maximum Gasteiger partial charge on any atom is 0.246 e. The molecule has 0 bridgehead atoms. The number of sulfonamides is 1. The van der Waals surface area contributed by atoms with Crippen molar-refractivity contribution < 1.29 is 22.1 Å². The summed E-state index contributed by atoms with van der Waals surface area (Å²) < 4.78 is 44.0. The van der Waals surface area contributed by atoms with Gasteiger partial charge in [-0.15, -0.1) is 0 Å². The molecule has 0 spiro atoms. The molecule has 3 heterocycles. The van der Waals surface area contributed by atoms with Crippen molar-refractivity contribution in [1.29, 1.82) is 0 Å². The molecule has 0 amide bonds. The van der Waals surface area contributed by atoms with Crippen LogP contribution in [-0.4, -0.2) is 62.1 Å². The molecule has 0 atom stereocenters. The van der Waals surface area contributed by atoms with E-state index in [0.717, 1.165) is 12.3 Å². The molecule has 0 N–H and O–H groups in total. The predicted octanol–water partition coefficient (Wildman–Crippen LogP) is 3.28. The fourth-order valence-corrected chi connectivity index (χ4v) is 5.05. The Morgan fingerprint density at radius 1 is 1.10 bits per heavy atom. The van der Waals surface area contributed by atoms with Crippen molar-refractivity contribution in [2.24, 2.45) is 0 Å². The Bertz CT molecular complexity index is 1070. The highest BCUT2D eigenvalue weighted by Gasteiger charge is 2.32. The molecule has 4 rings (SSSR count). The second-order valence-corrected chi connectivity index (χ2v) is 9.30. The molecule has 3 aromatic rings. The summed E-state index contributed by atoms with van der Waals surface area (Å²) in [6.45, 7) is 4.96. The van der Waals surface area contributed by atoms with Crippen molar-refractivity contribution in [3.05, 3.63) is 53.4 Å². The molecular formula is C20H22ClN3O5S. The first-order valence-electron chi connectivity index (χ1n) is 9.56. The molecule has 1 aromatic carbocycles. The lowest BCUT2D eigenvalue weighted by Gasteiger charge is -2.33. The van der Waals surface area contributed by atoms with Crippen LogP contribution < -0.4 is 4.74 Å². The van der Waals surface area contributed by atoms with E-state index in [-0.39, 0.29) is 4.90 Å². The number of aryl methyl sites for hydroxylation is 1. The van der Waals surface area contributed by atoms with E-state index in [1.165, 1.54) is 16.6 Å². The number of ether oxygens (including phenoxy) is 1. The molecule has 1 aliphatic heterocycles. The van der Waals surface area contributed by atoms with E-state index in [2.05, 4.69) is 10.1 Å². The molecule has 8 nitrogen and oxygen atoms in total. The minimum atomic E-state index is -3.65. The van der Waals surface area contributed by atoms with Crippen LogP contribution >= 0.6 is 11.6 Å². The Morgan fingerprint density at radius 2 is 1.83 bits per heavy atom. The van der Waals surface area contributed by atoms with Gasteiger partial charge in [0.15, 0.2) is 5.76 Å². The third kappa shape index (κ3) is 4.54. The normalized spacial score (nSPS) is 16.1. The predicted molar refractivity (Wildman–Crippen MR) is 111 cm³/mol. The molecule has 10 heteroatoms. The number of furan rings is 1. The summed E-state index contributed by atoms with van der Waals surface area (Å²) in [5.74, 6) is 1.84. The van der Waals surface area contributed by atoms with Gasteiger partial charge in [-0.05, 0) is 31.2 Å². The number of piperazine rings is 1. The average molecular weight is 452 g/mol. The van der Waals surface area contributed by atoms with E-state index in [1.807, 2.05) is 12.1 Å². The second kappa shape index (κ2) is 8.81. The summed E-state index contributed by atoms with van der Waals surface area (Å²) in [6.07, 6.45) is 1.48. The first-order valence-corrected chi connectivity index (χ1v) is 11.4. The van der Waals surface area contributed by atoms with Crippen LogP contribution in [0, 0.1) is 6.92 Å². The molecule has 1 saturated heterocycles. The van der Waals surface area contributed by atoms with Crippen molar-refractivity contribution >= 4 is 21.6 Å². The number of hydrogen-bond acceptors (Lipinski definition) is 7. The van der Waals surface area contributed by atoms with Crippen LogP contribution in [0.4, 0.5) is 0 Å². The lowest BCUT2D eigenvalue weighted by atomic mass is 10.3. The van der Waals surface area contributed by atoms with E-state index in [4.69, 9.17) is 25.3 Å². The maximum absolute atomic E-state index is 13.1. The maximum atomic E-state index is 13.1. The molecule has 1 fully saturated rings. The van der Waals surface area contributed by atoms with Gasteiger partial charge in [0.1, 0.15) is 23.0 Å². The molecule has 0 unspecified atom stereocenters. The Kier molecular flexibility index (Phi) is 6.14. The van der Waals surface area contributed by atoms with E-state index in [0.29, 0.717) is 55.1 Å². The SMILES string of the molecule is Cc1oc(-c2ccno2)cc1S(=O)(=O)N1CCN(CCOc2ccc(Cl)cc2)CC1. The van der Waals surface area contributed by atoms with Crippen LogP contribution in [0.3, 0.4) is 0 Å². The van der Waals surface area contributed by atoms with E-state index >= 15 is 0 Å². The Labute approximate surface area is 180 Å². The Morgan fingerprint density at radius 3 is 2.50 bits per heavy atom. The van der Waals surface area contributed by atoms with Crippen LogP contribution in [0.25, 0.3) is 11.5 Å². The lowest BCUT2D eigenvalue weighted by Crippen LogP contribution is -2.49. The topological polar surface area (TPSA) is 89.0 Å². The highest BCUT2D eigenvalue weighted by molar-refractivity contribution is 7.89. The van der Waals surface area contributed by atoms with Gasteiger partial charge in [-0.25, -0.2) is 8.42 Å². The quantitative estimate of drug-likeness (QED) is 0.544. The van der Waals surface area contributed by atoms with Crippen LogP contribution in [0.15, 0.2) is 56.4 Å². The van der Waals surface area contributed by atoms with Gasteiger partial charge in [-0.1, -0.05) is 16.8 Å². The lowest BCUT2D eigenvalue weighted by molar-refractivity contribution is 0.159. The molecular weight excluding hydrogens is 430 g/mol. The van der Waals surface area contributed by atoms with Crippen molar-refractivity contribution in [1.82, 2.24) is 14.4 Å². The van der Waals surface area contributed by atoms with Gasteiger partial charge in [0.25, 0.3) is 0 Å². The van der Waals surface area contributed by atoms with Crippen molar-refractivity contribution in [3.8, 4) is 17.3 Å². The average Bonchev–Trinajstić information content (AvgIpc) is 3.40. The first kappa shape index (κ1) is 20.9. The van der Waals surface area contributed by atoms with Gasteiger partial charge in [0.2, 0.25) is 15.8 Å². The minimum absolute atomic E-state index is 0.161. The molecule has 0 saturated carbocycles. The summed E-state index contributed by atoms with van der Waals surface area (Å²) >= 11 is 5.87. The van der Waals surface area contributed by atoms with Crippen LogP contribution in [0.5, 0.6) is 5.75 Å². The van der Waals surface area contributed by atoms with E-state index in [9.17, 15) is 8.42 Å². The zero-order valence-electron chi connectivity index (χ0n) is 16.5. The molecule has 0 aliphatic carbocycles. The summed E-state index contributed by atoms with van der Waals surface area (Å²) in [5, 5.41) is 4.30.